The molecule has 0 amide bonds. The molecule has 156 valence electrons. The minimum absolute atomic E-state index is 0.0727. The van der Waals surface area contributed by atoms with Crippen molar-refractivity contribution in [3.63, 3.8) is 0 Å². The van der Waals surface area contributed by atoms with Gasteiger partial charge in [-0.15, -0.1) is 0 Å². The summed E-state index contributed by atoms with van der Waals surface area (Å²) in [6.07, 6.45) is -1.36. The summed E-state index contributed by atoms with van der Waals surface area (Å²) in [7, 11) is -2.17. The van der Waals surface area contributed by atoms with Crippen LogP contribution in [0.25, 0.3) is 0 Å². The normalized spacial score (nSPS) is 13.2. The van der Waals surface area contributed by atoms with Gasteiger partial charge in [-0.2, -0.15) is 0 Å². The summed E-state index contributed by atoms with van der Waals surface area (Å²) < 4.78 is 11.4. The smallest absolute Gasteiger partial charge is 0.347 e. The van der Waals surface area contributed by atoms with E-state index in [-0.39, 0.29) is 11.6 Å². The summed E-state index contributed by atoms with van der Waals surface area (Å²) in [6, 6.07) is 18.4. The highest BCUT2D eigenvalue weighted by Crippen LogP contribution is 2.36. The molecule has 2 aromatic carbocycles. The van der Waals surface area contributed by atoms with E-state index in [1.807, 2.05) is 73.8 Å². The molecule has 0 spiro atoms. The highest BCUT2D eigenvalue weighted by molar-refractivity contribution is 6.74. The molecular formula is C23H30O5Si. The molecule has 1 atom stereocenters. The molecule has 0 aromatic heterocycles. The Bertz CT molecular complexity index is 773. The number of hydrogen-bond donors (Lipinski definition) is 1. The average molecular weight is 415 g/mol. The minimum atomic E-state index is -2.17. The molecule has 0 heterocycles. The van der Waals surface area contributed by atoms with E-state index >= 15 is 0 Å². The first kappa shape index (κ1) is 22.8. The van der Waals surface area contributed by atoms with Crippen molar-refractivity contribution in [2.75, 3.05) is 6.61 Å². The van der Waals surface area contributed by atoms with Crippen molar-refractivity contribution in [3.8, 4) is 0 Å². The molecule has 0 aliphatic carbocycles. The molecule has 0 aliphatic rings. The number of carboxylic acid groups (broad SMARTS) is 1. The standard InChI is InChI=1S/C23H30O5Si/c1-23(2,3)29(4,5)27-16-19(21(24)25)28-22(26)20(17-12-8-6-9-13-17)18-14-10-7-11-15-18/h6-15,19-20H,16H2,1-5H3,(H,24,25). The van der Waals surface area contributed by atoms with E-state index in [2.05, 4.69) is 20.8 Å². The van der Waals surface area contributed by atoms with Gasteiger partial charge in [-0.1, -0.05) is 81.4 Å². The molecule has 29 heavy (non-hydrogen) atoms. The first-order chi connectivity index (χ1) is 13.5. The average Bonchev–Trinajstić information content (AvgIpc) is 2.66. The van der Waals surface area contributed by atoms with Crippen molar-refractivity contribution in [2.45, 2.75) is 50.9 Å². The molecule has 6 heteroatoms. The van der Waals surface area contributed by atoms with Gasteiger partial charge in [0.1, 0.15) is 5.92 Å². The third kappa shape index (κ3) is 6.02. The summed E-state index contributed by atoms with van der Waals surface area (Å²) in [6.45, 7) is 10.1. The third-order valence-corrected chi connectivity index (χ3v) is 9.94. The lowest BCUT2D eigenvalue weighted by molar-refractivity contribution is -0.166. The number of carboxylic acids is 1. The Morgan fingerprint density at radius 1 is 0.931 bits per heavy atom. The lowest BCUT2D eigenvalue weighted by Crippen LogP contribution is -2.45. The maximum absolute atomic E-state index is 13.1. The van der Waals surface area contributed by atoms with Gasteiger partial charge in [0, 0.05) is 0 Å². The fraction of sp³-hybridized carbons (Fsp3) is 0.391. The molecule has 0 fully saturated rings. The Balaban J connectivity index is 2.23. The highest BCUT2D eigenvalue weighted by atomic mass is 28.4. The van der Waals surface area contributed by atoms with Crippen LogP contribution in [0.1, 0.15) is 37.8 Å². The summed E-state index contributed by atoms with van der Waals surface area (Å²) in [5, 5.41) is 9.53. The van der Waals surface area contributed by atoms with Gasteiger partial charge in [-0.3, -0.25) is 4.79 Å². The van der Waals surface area contributed by atoms with Crippen LogP contribution in [0.5, 0.6) is 0 Å². The van der Waals surface area contributed by atoms with Gasteiger partial charge in [-0.25, -0.2) is 4.79 Å². The SMILES string of the molecule is CC(C)(C)[Si](C)(C)OCC(OC(=O)C(c1ccccc1)c1ccccc1)C(=O)O. The zero-order valence-electron chi connectivity index (χ0n) is 17.7. The molecule has 2 rings (SSSR count). The van der Waals surface area contributed by atoms with Crippen molar-refractivity contribution in [3.05, 3.63) is 71.8 Å². The van der Waals surface area contributed by atoms with Crippen molar-refractivity contribution in [1.82, 2.24) is 0 Å². The number of carbonyl (C=O) groups is 2. The number of carbonyl (C=O) groups excluding carboxylic acids is 1. The number of ether oxygens (including phenoxy) is 1. The highest BCUT2D eigenvalue weighted by Gasteiger charge is 2.39. The largest absolute Gasteiger partial charge is 0.478 e. The summed E-state index contributed by atoms with van der Waals surface area (Å²) in [5.74, 6) is -2.52. The van der Waals surface area contributed by atoms with E-state index < -0.39 is 32.3 Å². The number of esters is 1. The second-order valence-electron chi connectivity index (χ2n) is 8.59. The Morgan fingerprint density at radius 2 is 1.38 bits per heavy atom. The number of hydrogen-bond acceptors (Lipinski definition) is 4. The van der Waals surface area contributed by atoms with E-state index in [0.29, 0.717) is 0 Å². The quantitative estimate of drug-likeness (QED) is 0.494. The van der Waals surface area contributed by atoms with Crippen LogP contribution in [0.3, 0.4) is 0 Å². The summed E-state index contributed by atoms with van der Waals surface area (Å²) in [4.78, 5) is 24.8. The van der Waals surface area contributed by atoms with Crippen LogP contribution in [0, 0.1) is 0 Å². The fourth-order valence-corrected chi connectivity index (χ4v) is 3.62. The van der Waals surface area contributed by atoms with E-state index in [0.717, 1.165) is 11.1 Å². The molecule has 0 radical (unpaired) electrons. The molecule has 1 N–H and O–H groups in total. The van der Waals surface area contributed by atoms with E-state index in [1.54, 1.807) is 0 Å². The van der Waals surface area contributed by atoms with Crippen LogP contribution in [0.4, 0.5) is 0 Å². The molecule has 5 nitrogen and oxygen atoms in total. The maximum Gasteiger partial charge on any atom is 0.347 e. The van der Waals surface area contributed by atoms with Crippen molar-refractivity contribution >= 4 is 20.3 Å². The van der Waals surface area contributed by atoms with Crippen LogP contribution in [0.2, 0.25) is 18.1 Å². The fourth-order valence-electron chi connectivity index (χ4n) is 2.62. The lowest BCUT2D eigenvalue weighted by Gasteiger charge is -2.36. The molecule has 0 saturated heterocycles. The van der Waals surface area contributed by atoms with Crippen LogP contribution < -0.4 is 0 Å². The summed E-state index contributed by atoms with van der Waals surface area (Å²) in [5.41, 5.74) is 1.50. The Labute approximate surface area is 173 Å². The lowest BCUT2D eigenvalue weighted by atomic mass is 9.91. The second kappa shape index (κ2) is 9.37. The van der Waals surface area contributed by atoms with Gasteiger partial charge < -0.3 is 14.3 Å². The van der Waals surface area contributed by atoms with Crippen molar-refractivity contribution in [1.29, 1.82) is 0 Å². The Kier molecular flexibility index (Phi) is 7.38. The van der Waals surface area contributed by atoms with Gasteiger partial charge in [0.2, 0.25) is 6.10 Å². The number of aliphatic carboxylic acids is 1. The molecule has 0 saturated carbocycles. The van der Waals surface area contributed by atoms with Gasteiger partial charge >= 0.3 is 11.9 Å². The summed E-state index contributed by atoms with van der Waals surface area (Å²) >= 11 is 0. The molecule has 0 aliphatic heterocycles. The number of rotatable bonds is 8. The van der Waals surface area contributed by atoms with Gasteiger partial charge in [0.15, 0.2) is 8.32 Å². The second-order valence-corrected chi connectivity index (χ2v) is 13.4. The number of benzene rings is 2. The molecular weight excluding hydrogens is 384 g/mol. The van der Waals surface area contributed by atoms with E-state index in [1.165, 1.54) is 0 Å². The van der Waals surface area contributed by atoms with E-state index in [4.69, 9.17) is 9.16 Å². The predicted molar refractivity (Wildman–Crippen MR) is 115 cm³/mol. The van der Waals surface area contributed by atoms with Crippen LogP contribution in [0.15, 0.2) is 60.7 Å². The van der Waals surface area contributed by atoms with Crippen molar-refractivity contribution in [2.24, 2.45) is 0 Å². The maximum atomic E-state index is 13.1. The van der Waals surface area contributed by atoms with Gasteiger partial charge in [0.25, 0.3) is 0 Å². The van der Waals surface area contributed by atoms with E-state index in [9.17, 15) is 14.7 Å². The van der Waals surface area contributed by atoms with Crippen molar-refractivity contribution < 1.29 is 23.9 Å². The van der Waals surface area contributed by atoms with Crippen LogP contribution in [-0.4, -0.2) is 38.1 Å². The minimum Gasteiger partial charge on any atom is -0.478 e. The van der Waals surface area contributed by atoms with Crippen LogP contribution >= 0.6 is 0 Å². The molecule has 2 aromatic rings. The zero-order chi connectivity index (χ0) is 21.7. The van der Waals surface area contributed by atoms with Gasteiger partial charge in [-0.05, 0) is 29.3 Å². The van der Waals surface area contributed by atoms with Gasteiger partial charge in [0.05, 0.1) is 6.61 Å². The Morgan fingerprint density at radius 3 is 1.76 bits per heavy atom. The third-order valence-electron chi connectivity index (χ3n) is 5.44. The molecule has 0 bridgehead atoms. The first-order valence-electron chi connectivity index (χ1n) is 9.70. The zero-order valence-corrected chi connectivity index (χ0v) is 18.7. The monoisotopic (exact) mass is 414 g/mol. The van der Waals surface area contributed by atoms with Crippen LogP contribution in [-0.2, 0) is 18.8 Å². The predicted octanol–water partition coefficient (Wildman–Crippen LogP) is 4.84. The first-order valence-corrected chi connectivity index (χ1v) is 12.6. The topological polar surface area (TPSA) is 72.8 Å². The Hall–Kier alpha value is -2.44. The molecule has 1 unspecified atom stereocenters.